The fourth-order valence-electron chi connectivity index (χ4n) is 4.31. The van der Waals surface area contributed by atoms with Gasteiger partial charge in [-0.1, -0.05) is 42.3 Å². The Labute approximate surface area is 268 Å². The average molecular weight is 667 g/mol. The Bertz CT molecular complexity index is 1570. The summed E-state index contributed by atoms with van der Waals surface area (Å²) in [6.45, 7) is 4.73. The molecule has 1 N–H and O–H groups in total. The summed E-state index contributed by atoms with van der Waals surface area (Å²) < 4.78 is 45.6. The minimum Gasteiger partial charge on any atom is -0.495 e. The largest absolute Gasteiger partial charge is 0.495 e. The number of hydrogen-bond acceptors (Lipinski definition) is 7. The van der Waals surface area contributed by atoms with Crippen molar-refractivity contribution in [2.75, 3.05) is 32.2 Å². The highest BCUT2D eigenvalue weighted by Gasteiger charge is 2.34. The number of halogens is 2. The van der Waals surface area contributed by atoms with E-state index in [4.69, 9.17) is 37.4 Å². The van der Waals surface area contributed by atoms with Crippen molar-refractivity contribution in [1.82, 2.24) is 10.2 Å². The Morgan fingerprint density at radius 2 is 1.43 bits per heavy atom. The van der Waals surface area contributed by atoms with Crippen molar-refractivity contribution in [3.8, 4) is 17.2 Å². The highest BCUT2D eigenvalue weighted by molar-refractivity contribution is 7.92. The zero-order valence-electron chi connectivity index (χ0n) is 25.5. The highest BCUT2D eigenvalue weighted by atomic mass is 35.5. The zero-order valence-corrected chi connectivity index (χ0v) is 27.8. The van der Waals surface area contributed by atoms with Crippen LogP contribution in [-0.4, -0.2) is 65.1 Å². The molecule has 0 aliphatic heterocycles. The molecule has 0 bridgehead atoms. The first-order chi connectivity index (χ1) is 20.9. The number of benzene rings is 3. The maximum atomic E-state index is 14.3. The van der Waals surface area contributed by atoms with E-state index in [0.717, 1.165) is 4.31 Å². The van der Waals surface area contributed by atoms with E-state index in [-0.39, 0.29) is 45.6 Å². The lowest BCUT2D eigenvalue weighted by molar-refractivity contribution is -0.139. The number of nitrogens with zero attached hydrogens (tertiary/aromatic N) is 2. The van der Waals surface area contributed by atoms with Crippen LogP contribution >= 0.6 is 23.2 Å². The first kappa shape index (κ1) is 34.8. The molecule has 0 aromatic heterocycles. The second-order valence-corrected chi connectivity index (χ2v) is 12.7. The number of methoxy groups -OCH3 is 3. The number of sulfonamides is 1. The van der Waals surface area contributed by atoms with E-state index in [2.05, 4.69) is 5.32 Å². The fraction of sp³-hybridized carbons (Fsp3) is 0.355. The highest BCUT2D eigenvalue weighted by Crippen LogP contribution is 2.37. The first-order valence-corrected chi connectivity index (χ1v) is 16.0. The molecule has 10 nitrogen and oxygen atoms in total. The topological polar surface area (TPSA) is 114 Å². The summed E-state index contributed by atoms with van der Waals surface area (Å²) in [6, 6.07) is 14.3. The van der Waals surface area contributed by atoms with E-state index in [1.54, 1.807) is 37.3 Å². The summed E-state index contributed by atoms with van der Waals surface area (Å²) in [7, 11) is -0.247. The van der Waals surface area contributed by atoms with Gasteiger partial charge in [0.05, 0.1) is 31.9 Å². The molecule has 0 aliphatic rings. The molecule has 0 aliphatic carbocycles. The third-order valence-electron chi connectivity index (χ3n) is 7.07. The summed E-state index contributed by atoms with van der Waals surface area (Å²) in [4.78, 5) is 28.6. The van der Waals surface area contributed by atoms with Gasteiger partial charge < -0.3 is 24.4 Å². The van der Waals surface area contributed by atoms with E-state index in [1.807, 2.05) is 13.8 Å². The number of ether oxygens (including phenoxy) is 3. The van der Waals surface area contributed by atoms with Crippen molar-refractivity contribution in [3.05, 3.63) is 76.3 Å². The van der Waals surface area contributed by atoms with Crippen molar-refractivity contribution in [1.29, 1.82) is 0 Å². The van der Waals surface area contributed by atoms with Gasteiger partial charge in [0, 0.05) is 28.7 Å². The predicted molar refractivity (Wildman–Crippen MR) is 171 cm³/mol. The molecule has 2 unspecified atom stereocenters. The molecule has 238 valence electrons. The molecule has 0 saturated carbocycles. The van der Waals surface area contributed by atoms with Gasteiger partial charge in [-0.2, -0.15) is 0 Å². The van der Waals surface area contributed by atoms with Gasteiger partial charge in [0.25, 0.3) is 10.0 Å². The van der Waals surface area contributed by atoms with Gasteiger partial charge in [-0.25, -0.2) is 8.42 Å². The maximum absolute atomic E-state index is 14.3. The van der Waals surface area contributed by atoms with Crippen molar-refractivity contribution < 1.29 is 32.2 Å². The molecular formula is C31H37Cl2N3O7S. The van der Waals surface area contributed by atoms with Gasteiger partial charge in [-0.05, 0) is 68.3 Å². The fourth-order valence-corrected chi connectivity index (χ4v) is 6.04. The lowest BCUT2D eigenvalue weighted by Gasteiger charge is -2.33. The maximum Gasteiger partial charge on any atom is 0.265 e. The average Bonchev–Trinajstić information content (AvgIpc) is 3.02. The Morgan fingerprint density at radius 1 is 0.841 bits per heavy atom. The number of carbonyl (C=O) groups is 2. The van der Waals surface area contributed by atoms with Crippen molar-refractivity contribution >= 4 is 50.7 Å². The Balaban J connectivity index is 2.14. The third kappa shape index (κ3) is 8.28. The Kier molecular flexibility index (Phi) is 12.2. The molecule has 0 fully saturated rings. The smallest absolute Gasteiger partial charge is 0.265 e. The molecule has 2 atom stereocenters. The van der Waals surface area contributed by atoms with Gasteiger partial charge in [0.2, 0.25) is 11.8 Å². The van der Waals surface area contributed by atoms with Crippen LogP contribution in [0.2, 0.25) is 10.0 Å². The minimum absolute atomic E-state index is 0.0159. The zero-order chi connectivity index (χ0) is 32.6. The normalized spacial score (nSPS) is 12.5. The second kappa shape index (κ2) is 15.4. The number of amides is 2. The molecule has 2 amide bonds. The lowest BCUT2D eigenvalue weighted by Crippen LogP contribution is -2.52. The number of nitrogens with one attached hydrogen (secondary N) is 1. The number of rotatable bonds is 14. The van der Waals surface area contributed by atoms with Crippen LogP contribution in [0.4, 0.5) is 5.69 Å². The summed E-state index contributed by atoms with van der Waals surface area (Å²) in [5, 5.41) is 3.63. The second-order valence-electron chi connectivity index (χ2n) is 9.99. The molecular weight excluding hydrogens is 629 g/mol. The van der Waals surface area contributed by atoms with E-state index < -0.39 is 28.5 Å². The molecule has 0 radical (unpaired) electrons. The summed E-state index contributed by atoms with van der Waals surface area (Å²) in [5.74, 6) is -0.352. The molecule has 3 aromatic carbocycles. The Morgan fingerprint density at radius 3 is 2.02 bits per heavy atom. The summed E-state index contributed by atoms with van der Waals surface area (Å²) >= 11 is 12.4. The molecule has 3 rings (SSSR count). The molecule has 3 aromatic rings. The van der Waals surface area contributed by atoms with Gasteiger partial charge in [0.15, 0.2) is 11.5 Å². The van der Waals surface area contributed by atoms with Gasteiger partial charge in [0.1, 0.15) is 18.3 Å². The summed E-state index contributed by atoms with van der Waals surface area (Å²) in [6.07, 6.45) is 0.690. The lowest BCUT2D eigenvalue weighted by atomic mass is 10.1. The third-order valence-corrected chi connectivity index (χ3v) is 9.31. The van der Waals surface area contributed by atoms with E-state index in [0.29, 0.717) is 22.8 Å². The Hall–Kier alpha value is -3.67. The van der Waals surface area contributed by atoms with Crippen molar-refractivity contribution in [2.45, 2.75) is 50.7 Å². The first-order valence-electron chi connectivity index (χ1n) is 13.8. The van der Waals surface area contributed by atoms with Crippen LogP contribution in [0.1, 0.15) is 32.8 Å². The van der Waals surface area contributed by atoms with Crippen molar-refractivity contribution in [3.63, 3.8) is 0 Å². The van der Waals surface area contributed by atoms with Crippen molar-refractivity contribution in [2.24, 2.45) is 0 Å². The molecule has 44 heavy (non-hydrogen) atoms. The van der Waals surface area contributed by atoms with Crippen LogP contribution in [0, 0.1) is 0 Å². The number of hydrogen-bond donors (Lipinski definition) is 1. The van der Waals surface area contributed by atoms with E-state index >= 15 is 0 Å². The standard InChI is InChI=1S/C31H37Cl2N3O7S/c1-7-20(2)34-31(38)21(3)35(18-22-8-10-23(32)11-9-22)30(37)19-36(26-16-24(33)12-14-27(26)41-4)44(39,40)25-13-15-28(42-5)29(17-25)43-6/h8-17,20-21H,7,18-19H2,1-6H3,(H,34,38). The number of carbonyl (C=O) groups excluding carboxylic acids is 2. The monoisotopic (exact) mass is 665 g/mol. The van der Waals surface area contributed by atoms with Crippen LogP contribution in [0.3, 0.4) is 0 Å². The number of anilines is 1. The van der Waals surface area contributed by atoms with Crippen LogP contribution in [0.5, 0.6) is 17.2 Å². The summed E-state index contributed by atoms with van der Waals surface area (Å²) in [5.41, 5.74) is 0.729. The van der Waals surface area contributed by atoms with Crippen LogP contribution in [0.25, 0.3) is 0 Å². The minimum atomic E-state index is -4.44. The molecule has 13 heteroatoms. The van der Waals surface area contributed by atoms with E-state index in [9.17, 15) is 18.0 Å². The van der Waals surface area contributed by atoms with Crippen LogP contribution in [0.15, 0.2) is 65.6 Å². The van der Waals surface area contributed by atoms with Gasteiger partial charge in [-0.15, -0.1) is 0 Å². The molecule has 0 spiro atoms. The quantitative estimate of drug-likeness (QED) is 0.240. The van der Waals surface area contributed by atoms with Gasteiger partial charge in [-0.3, -0.25) is 13.9 Å². The van der Waals surface area contributed by atoms with Crippen LogP contribution in [-0.2, 0) is 26.2 Å². The predicted octanol–water partition coefficient (Wildman–Crippen LogP) is 5.55. The van der Waals surface area contributed by atoms with Gasteiger partial charge >= 0.3 is 0 Å². The molecule has 0 heterocycles. The SMILES string of the molecule is CCC(C)NC(=O)C(C)N(Cc1ccc(Cl)cc1)C(=O)CN(c1cc(Cl)ccc1OC)S(=O)(=O)c1ccc(OC)c(OC)c1. The van der Waals surface area contributed by atoms with E-state index in [1.165, 1.54) is 56.6 Å². The van der Waals surface area contributed by atoms with Crippen LogP contribution < -0.4 is 23.8 Å². The molecule has 0 saturated heterocycles.